The maximum atomic E-state index is 12.8. The van der Waals surface area contributed by atoms with Gasteiger partial charge in [0.25, 0.3) is 0 Å². The SMILES string of the molecule is CN(CC(=O)NC(C)(C)C)C(=O)CN1CCc2sccc2[C@@H]1c1cccs1. The summed E-state index contributed by atoms with van der Waals surface area (Å²) >= 11 is 3.52. The molecule has 1 N–H and O–H groups in total. The first-order valence-electron chi connectivity index (χ1n) is 9.13. The zero-order valence-corrected chi connectivity index (χ0v) is 18.0. The predicted molar refractivity (Wildman–Crippen MR) is 111 cm³/mol. The number of carbonyl (C=O) groups excluding carboxylic acids is 2. The van der Waals surface area contributed by atoms with Gasteiger partial charge in [0.1, 0.15) is 0 Å². The van der Waals surface area contributed by atoms with Crippen LogP contribution in [0.1, 0.15) is 42.1 Å². The molecule has 1 atom stereocenters. The van der Waals surface area contributed by atoms with Gasteiger partial charge in [-0.2, -0.15) is 0 Å². The minimum Gasteiger partial charge on any atom is -0.350 e. The van der Waals surface area contributed by atoms with Crippen LogP contribution in [0.5, 0.6) is 0 Å². The van der Waals surface area contributed by atoms with Crippen molar-refractivity contribution >= 4 is 34.5 Å². The average Bonchev–Trinajstić information content (AvgIpc) is 3.23. The summed E-state index contributed by atoms with van der Waals surface area (Å²) in [5.41, 5.74) is 1.02. The average molecular weight is 406 g/mol. The van der Waals surface area contributed by atoms with Crippen molar-refractivity contribution in [1.29, 1.82) is 0 Å². The van der Waals surface area contributed by atoms with E-state index in [9.17, 15) is 9.59 Å². The molecule has 7 heteroatoms. The quantitative estimate of drug-likeness (QED) is 0.832. The monoisotopic (exact) mass is 405 g/mol. The Morgan fingerprint density at radius 2 is 2.04 bits per heavy atom. The Bertz CT molecular complexity index is 793. The molecule has 0 spiro atoms. The summed E-state index contributed by atoms with van der Waals surface area (Å²) in [7, 11) is 1.70. The second kappa shape index (κ2) is 8.12. The second-order valence-corrected chi connectivity index (χ2v) is 9.97. The van der Waals surface area contributed by atoms with Gasteiger partial charge in [0, 0.05) is 28.9 Å². The zero-order chi connectivity index (χ0) is 19.6. The Balaban J connectivity index is 1.68. The van der Waals surface area contributed by atoms with Crippen molar-refractivity contribution in [2.24, 2.45) is 0 Å². The van der Waals surface area contributed by atoms with Gasteiger partial charge in [-0.05, 0) is 55.6 Å². The second-order valence-electron chi connectivity index (χ2n) is 7.99. The molecule has 0 fully saturated rings. The van der Waals surface area contributed by atoms with Gasteiger partial charge < -0.3 is 10.2 Å². The molecule has 3 heterocycles. The molecule has 0 aromatic carbocycles. The molecule has 0 saturated carbocycles. The molecular formula is C20H27N3O2S2. The van der Waals surface area contributed by atoms with E-state index in [0.29, 0.717) is 6.54 Å². The molecule has 0 bridgehead atoms. The van der Waals surface area contributed by atoms with Crippen LogP contribution in [0.25, 0.3) is 0 Å². The molecule has 2 aromatic rings. The number of thiophene rings is 2. The van der Waals surface area contributed by atoms with Crippen molar-refractivity contribution in [3.05, 3.63) is 44.3 Å². The van der Waals surface area contributed by atoms with Crippen LogP contribution >= 0.6 is 22.7 Å². The van der Waals surface area contributed by atoms with E-state index in [0.717, 1.165) is 13.0 Å². The molecule has 3 rings (SSSR count). The van der Waals surface area contributed by atoms with Crippen molar-refractivity contribution in [1.82, 2.24) is 15.1 Å². The van der Waals surface area contributed by atoms with E-state index in [1.165, 1.54) is 20.2 Å². The van der Waals surface area contributed by atoms with Crippen LogP contribution in [-0.4, -0.2) is 53.8 Å². The summed E-state index contributed by atoms with van der Waals surface area (Å²) in [5, 5.41) is 7.13. The lowest BCUT2D eigenvalue weighted by atomic mass is 9.98. The summed E-state index contributed by atoms with van der Waals surface area (Å²) in [6.07, 6.45) is 0.969. The van der Waals surface area contributed by atoms with Gasteiger partial charge in [-0.25, -0.2) is 0 Å². The summed E-state index contributed by atoms with van der Waals surface area (Å²) in [6, 6.07) is 6.51. The zero-order valence-electron chi connectivity index (χ0n) is 16.3. The molecule has 146 valence electrons. The lowest BCUT2D eigenvalue weighted by Gasteiger charge is -2.35. The molecule has 1 aliphatic heterocycles. The number of nitrogens with one attached hydrogen (secondary N) is 1. The van der Waals surface area contributed by atoms with Gasteiger partial charge >= 0.3 is 0 Å². The van der Waals surface area contributed by atoms with Crippen LogP contribution in [-0.2, 0) is 16.0 Å². The van der Waals surface area contributed by atoms with Crippen molar-refractivity contribution in [2.75, 3.05) is 26.7 Å². The Labute approximate surface area is 169 Å². The van der Waals surface area contributed by atoms with Crippen LogP contribution in [0.15, 0.2) is 29.0 Å². The largest absolute Gasteiger partial charge is 0.350 e. The summed E-state index contributed by atoms with van der Waals surface area (Å²) in [6.45, 7) is 7.05. The lowest BCUT2D eigenvalue weighted by Crippen LogP contribution is -2.48. The van der Waals surface area contributed by atoms with Crippen molar-refractivity contribution in [2.45, 2.75) is 38.8 Å². The molecule has 0 aliphatic carbocycles. The van der Waals surface area contributed by atoms with Gasteiger partial charge in [-0.1, -0.05) is 6.07 Å². The highest BCUT2D eigenvalue weighted by atomic mass is 32.1. The highest BCUT2D eigenvalue weighted by Crippen LogP contribution is 2.39. The maximum absolute atomic E-state index is 12.8. The minimum absolute atomic E-state index is 0.0284. The smallest absolute Gasteiger partial charge is 0.240 e. The Morgan fingerprint density at radius 3 is 2.70 bits per heavy atom. The molecule has 5 nitrogen and oxygen atoms in total. The maximum Gasteiger partial charge on any atom is 0.240 e. The molecule has 27 heavy (non-hydrogen) atoms. The van der Waals surface area contributed by atoms with E-state index in [2.05, 4.69) is 39.2 Å². The third-order valence-corrected chi connectivity index (χ3v) is 6.46. The van der Waals surface area contributed by atoms with Crippen molar-refractivity contribution < 1.29 is 9.59 Å². The van der Waals surface area contributed by atoms with E-state index in [1.54, 1.807) is 29.7 Å². The molecule has 2 aromatic heterocycles. The standard InChI is InChI=1S/C20H27N3O2S2/c1-20(2,3)21-17(24)12-22(4)18(25)13-23-9-7-15-14(8-11-27-15)19(23)16-6-5-10-26-16/h5-6,8,10-11,19H,7,9,12-13H2,1-4H3,(H,21,24)/t19-/m1/s1. The number of nitrogens with zero attached hydrogens (tertiary/aromatic N) is 2. The van der Waals surface area contributed by atoms with Crippen molar-refractivity contribution in [3.8, 4) is 0 Å². The van der Waals surface area contributed by atoms with Crippen LogP contribution in [0.4, 0.5) is 0 Å². The molecule has 2 amide bonds. The molecule has 0 unspecified atom stereocenters. The van der Waals surface area contributed by atoms with E-state index in [4.69, 9.17) is 0 Å². The first kappa shape index (κ1) is 20.0. The molecule has 1 aliphatic rings. The number of fused-ring (bicyclic) bond motifs is 1. The van der Waals surface area contributed by atoms with Gasteiger partial charge in [0.05, 0.1) is 19.1 Å². The van der Waals surface area contributed by atoms with E-state index < -0.39 is 0 Å². The fourth-order valence-corrected chi connectivity index (χ4v) is 5.15. The number of carbonyl (C=O) groups is 2. The molecular weight excluding hydrogens is 378 g/mol. The fourth-order valence-electron chi connectivity index (χ4n) is 3.37. The Hall–Kier alpha value is -1.70. The van der Waals surface area contributed by atoms with Crippen molar-refractivity contribution in [3.63, 3.8) is 0 Å². The summed E-state index contributed by atoms with van der Waals surface area (Å²) in [4.78, 5) is 31.4. The van der Waals surface area contributed by atoms with Crippen LogP contribution in [0.2, 0.25) is 0 Å². The summed E-state index contributed by atoms with van der Waals surface area (Å²) in [5.74, 6) is -0.161. The van der Waals surface area contributed by atoms with Crippen LogP contribution in [0.3, 0.4) is 0 Å². The van der Waals surface area contributed by atoms with E-state index in [1.807, 2.05) is 20.8 Å². The highest BCUT2D eigenvalue weighted by molar-refractivity contribution is 7.10. The summed E-state index contributed by atoms with van der Waals surface area (Å²) < 4.78 is 0. The predicted octanol–water partition coefficient (Wildman–Crippen LogP) is 3.13. The van der Waals surface area contributed by atoms with Crippen LogP contribution < -0.4 is 5.32 Å². The Morgan fingerprint density at radius 1 is 1.26 bits per heavy atom. The third kappa shape index (κ3) is 4.97. The number of rotatable bonds is 5. The lowest BCUT2D eigenvalue weighted by molar-refractivity contribution is -0.136. The van der Waals surface area contributed by atoms with Gasteiger partial charge in [-0.3, -0.25) is 14.5 Å². The molecule has 0 saturated heterocycles. The minimum atomic E-state index is -0.298. The fraction of sp³-hybridized carbons (Fsp3) is 0.500. The number of likely N-dealkylation sites (N-methyl/N-ethyl adjacent to an activating group) is 1. The first-order chi connectivity index (χ1) is 12.7. The van der Waals surface area contributed by atoms with E-state index >= 15 is 0 Å². The topological polar surface area (TPSA) is 52.7 Å². The van der Waals surface area contributed by atoms with Gasteiger partial charge in [0.15, 0.2) is 0 Å². The highest BCUT2D eigenvalue weighted by Gasteiger charge is 2.32. The van der Waals surface area contributed by atoms with Gasteiger partial charge in [0.2, 0.25) is 11.8 Å². The Kier molecular flexibility index (Phi) is 6.03. The number of hydrogen-bond acceptors (Lipinski definition) is 5. The van der Waals surface area contributed by atoms with Crippen LogP contribution in [0, 0.1) is 0 Å². The molecule has 0 radical (unpaired) electrons. The van der Waals surface area contributed by atoms with Gasteiger partial charge in [-0.15, -0.1) is 22.7 Å². The third-order valence-electron chi connectivity index (χ3n) is 4.54. The first-order valence-corrected chi connectivity index (χ1v) is 10.9. The number of amides is 2. The van der Waals surface area contributed by atoms with E-state index in [-0.39, 0.29) is 29.9 Å². The number of hydrogen-bond donors (Lipinski definition) is 1. The normalized spacial score (nSPS) is 17.4.